The zero-order valence-corrected chi connectivity index (χ0v) is 12.4. The Morgan fingerprint density at radius 3 is 2.75 bits per heavy atom. The normalized spacial score (nSPS) is 21.9. The third-order valence-corrected chi connectivity index (χ3v) is 4.15. The molecule has 1 unspecified atom stereocenters. The standard InChI is InChI=1S/C16H22ClNO2/c17-13-3-1-2-12(10-13)16(11-18-14-4-5-14)20-15-6-8-19-9-7-15/h1-3,10,14-16,18H,4-9,11H2. The van der Waals surface area contributed by atoms with Crippen molar-refractivity contribution in [2.75, 3.05) is 19.8 Å². The molecule has 3 nitrogen and oxygen atoms in total. The molecule has 2 aliphatic rings. The lowest BCUT2D eigenvalue weighted by atomic mass is 10.1. The van der Waals surface area contributed by atoms with Crippen molar-refractivity contribution in [2.45, 2.75) is 43.9 Å². The van der Waals surface area contributed by atoms with Gasteiger partial charge in [-0.25, -0.2) is 0 Å². The first kappa shape index (κ1) is 14.3. The van der Waals surface area contributed by atoms with Crippen LogP contribution in [0.5, 0.6) is 0 Å². The largest absolute Gasteiger partial charge is 0.381 e. The summed E-state index contributed by atoms with van der Waals surface area (Å²) in [6.07, 6.45) is 4.94. The van der Waals surface area contributed by atoms with Gasteiger partial charge in [0.1, 0.15) is 0 Å². The van der Waals surface area contributed by atoms with Crippen molar-refractivity contribution in [3.8, 4) is 0 Å². The molecule has 1 aliphatic heterocycles. The molecule has 3 rings (SSSR count). The number of hydrogen-bond acceptors (Lipinski definition) is 3. The lowest BCUT2D eigenvalue weighted by Crippen LogP contribution is -2.31. The summed E-state index contributed by atoms with van der Waals surface area (Å²) in [5, 5.41) is 4.34. The SMILES string of the molecule is Clc1cccc(C(CNC2CC2)OC2CCOCC2)c1. The van der Waals surface area contributed by atoms with Gasteiger partial charge < -0.3 is 14.8 Å². The fraction of sp³-hybridized carbons (Fsp3) is 0.625. The summed E-state index contributed by atoms with van der Waals surface area (Å²) >= 11 is 6.11. The Morgan fingerprint density at radius 1 is 1.25 bits per heavy atom. The molecule has 0 spiro atoms. The van der Waals surface area contributed by atoms with E-state index < -0.39 is 0 Å². The minimum absolute atomic E-state index is 0.0809. The minimum atomic E-state index is 0.0809. The lowest BCUT2D eigenvalue weighted by Gasteiger charge is -2.28. The van der Waals surface area contributed by atoms with Crippen LogP contribution in [0.15, 0.2) is 24.3 Å². The van der Waals surface area contributed by atoms with E-state index in [0.717, 1.165) is 43.2 Å². The predicted molar refractivity (Wildman–Crippen MR) is 80.1 cm³/mol. The first-order valence-corrected chi connectivity index (χ1v) is 7.91. The molecule has 0 radical (unpaired) electrons. The van der Waals surface area contributed by atoms with Gasteiger partial charge in [-0.3, -0.25) is 0 Å². The number of halogens is 1. The molecule has 20 heavy (non-hydrogen) atoms. The molecule has 1 saturated heterocycles. The Hall–Kier alpha value is -0.610. The Labute approximate surface area is 125 Å². The summed E-state index contributed by atoms with van der Waals surface area (Å²) in [6.45, 7) is 2.48. The maximum absolute atomic E-state index is 6.31. The molecule has 0 bridgehead atoms. The molecule has 1 saturated carbocycles. The van der Waals surface area contributed by atoms with Crippen LogP contribution in [0.4, 0.5) is 0 Å². The van der Waals surface area contributed by atoms with E-state index in [1.165, 1.54) is 12.8 Å². The Morgan fingerprint density at radius 2 is 2.05 bits per heavy atom. The summed E-state index contributed by atoms with van der Waals surface area (Å²) in [6, 6.07) is 8.71. The van der Waals surface area contributed by atoms with Crippen LogP contribution < -0.4 is 5.32 Å². The summed E-state index contributed by atoms with van der Waals surface area (Å²) < 4.78 is 11.7. The molecule has 2 fully saturated rings. The van der Waals surface area contributed by atoms with Gasteiger partial charge in [-0.1, -0.05) is 23.7 Å². The summed E-state index contributed by atoms with van der Waals surface area (Å²) in [5.41, 5.74) is 1.16. The van der Waals surface area contributed by atoms with Crippen LogP contribution in [-0.2, 0) is 9.47 Å². The second kappa shape index (κ2) is 6.90. The van der Waals surface area contributed by atoms with Gasteiger partial charge in [0, 0.05) is 30.8 Å². The summed E-state index contributed by atoms with van der Waals surface area (Å²) in [7, 11) is 0. The second-order valence-corrected chi connectivity index (χ2v) is 6.11. The smallest absolute Gasteiger partial charge is 0.0953 e. The number of benzene rings is 1. The number of nitrogens with one attached hydrogen (secondary N) is 1. The molecule has 1 atom stereocenters. The highest BCUT2D eigenvalue weighted by atomic mass is 35.5. The van der Waals surface area contributed by atoms with E-state index in [1.807, 2.05) is 18.2 Å². The fourth-order valence-corrected chi connectivity index (χ4v) is 2.76. The quantitative estimate of drug-likeness (QED) is 0.873. The van der Waals surface area contributed by atoms with Crippen molar-refractivity contribution in [2.24, 2.45) is 0 Å². The zero-order valence-electron chi connectivity index (χ0n) is 11.7. The van der Waals surface area contributed by atoms with E-state index in [-0.39, 0.29) is 6.10 Å². The summed E-state index contributed by atoms with van der Waals surface area (Å²) in [4.78, 5) is 0. The van der Waals surface area contributed by atoms with Crippen molar-refractivity contribution < 1.29 is 9.47 Å². The van der Waals surface area contributed by atoms with E-state index in [0.29, 0.717) is 12.1 Å². The highest BCUT2D eigenvalue weighted by Gasteiger charge is 2.25. The van der Waals surface area contributed by atoms with E-state index in [9.17, 15) is 0 Å². The molecular formula is C16H22ClNO2. The van der Waals surface area contributed by atoms with Crippen molar-refractivity contribution in [1.82, 2.24) is 5.32 Å². The minimum Gasteiger partial charge on any atom is -0.381 e. The van der Waals surface area contributed by atoms with Crippen molar-refractivity contribution >= 4 is 11.6 Å². The highest BCUT2D eigenvalue weighted by molar-refractivity contribution is 6.30. The molecule has 110 valence electrons. The molecule has 0 aromatic heterocycles. The molecule has 1 N–H and O–H groups in total. The van der Waals surface area contributed by atoms with Gasteiger partial charge in [-0.2, -0.15) is 0 Å². The van der Waals surface area contributed by atoms with Crippen LogP contribution >= 0.6 is 11.6 Å². The Balaban J connectivity index is 1.64. The third-order valence-electron chi connectivity index (χ3n) is 3.91. The molecule has 1 aliphatic carbocycles. The van der Waals surface area contributed by atoms with Gasteiger partial charge in [0.2, 0.25) is 0 Å². The van der Waals surface area contributed by atoms with Crippen LogP contribution in [0.2, 0.25) is 5.02 Å². The number of ether oxygens (including phenoxy) is 2. The number of hydrogen-bond donors (Lipinski definition) is 1. The monoisotopic (exact) mass is 295 g/mol. The van der Waals surface area contributed by atoms with Gasteiger partial charge in [-0.15, -0.1) is 0 Å². The number of rotatable bonds is 6. The van der Waals surface area contributed by atoms with Crippen LogP contribution in [0, 0.1) is 0 Å². The molecular weight excluding hydrogens is 274 g/mol. The third kappa shape index (κ3) is 4.19. The van der Waals surface area contributed by atoms with E-state index >= 15 is 0 Å². The second-order valence-electron chi connectivity index (χ2n) is 5.67. The molecule has 1 aromatic carbocycles. The fourth-order valence-electron chi connectivity index (χ4n) is 2.56. The van der Waals surface area contributed by atoms with E-state index in [1.54, 1.807) is 0 Å². The van der Waals surface area contributed by atoms with Crippen molar-refractivity contribution in [3.63, 3.8) is 0 Å². The van der Waals surface area contributed by atoms with Gasteiger partial charge in [0.15, 0.2) is 0 Å². The van der Waals surface area contributed by atoms with Crippen LogP contribution in [0.3, 0.4) is 0 Å². The Kier molecular flexibility index (Phi) is 4.94. The zero-order chi connectivity index (χ0) is 13.8. The molecule has 1 heterocycles. The molecule has 4 heteroatoms. The first-order valence-electron chi connectivity index (χ1n) is 7.53. The topological polar surface area (TPSA) is 30.5 Å². The predicted octanol–water partition coefficient (Wildman–Crippen LogP) is 3.33. The van der Waals surface area contributed by atoms with Crippen LogP contribution in [-0.4, -0.2) is 31.9 Å². The van der Waals surface area contributed by atoms with Gasteiger partial charge in [0.05, 0.1) is 12.2 Å². The van der Waals surface area contributed by atoms with E-state index in [4.69, 9.17) is 21.1 Å². The van der Waals surface area contributed by atoms with Crippen LogP contribution in [0.25, 0.3) is 0 Å². The highest BCUT2D eigenvalue weighted by Crippen LogP contribution is 2.26. The lowest BCUT2D eigenvalue weighted by molar-refractivity contribution is -0.0690. The Bertz CT molecular complexity index is 430. The average Bonchev–Trinajstić information content (AvgIpc) is 3.29. The van der Waals surface area contributed by atoms with E-state index in [2.05, 4.69) is 11.4 Å². The maximum atomic E-state index is 6.31. The van der Waals surface area contributed by atoms with Gasteiger partial charge in [0.25, 0.3) is 0 Å². The molecule has 1 aromatic rings. The van der Waals surface area contributed by atoms with Gasteiger partial charge in [-0.05, 0) is 43.4 Å². The molecule has 0 amide bonds. The summed E-state index contributed by atoms with van der Waals surface area (Å²) in [5.74, 6) is 0. The first-order chi connectivity index (χ1) is 9.81. The van der Waals surface area contributed by atoms with Gasteiger partial charge >= 0.3 is 0 Å². The van der Waals surface area contributed by atoms with Crippen molar-refractivity contribution in [1.29, 1.82) is 0 Å². The van der Waals surface area contributed by atoms with Crippen molar-refractivity contribution in [3.05, 3.63) is 34.9 Å². The maximum Gasteiger partial charge on any atom is 0.0953 e. The average molecular weight is 296 g/mol. The van der Waals surface area contributed by atoms with Crippen LogP contribution in [0.1, 0.15) is 37.4 Å².